The van der Waals surface area contributed by atoms with Crippen molar-refractivity contribution >= 4 is 50.0 Å². The lowest BCUT2D eigenvalue weighted by Crippen LogP contribution is -2.32. The first-order valence-corrected chi connectivity index (χ1v) is 8.45. The van der Waals surface area contributed by atoms with Crippen molar-refractivity contribution in [3.8, 4) is 0 Å². The molecule has 1 atom stereocenters. The van der Waals surface area contributed by atoms with Gasteiger partial charge in [0.2, 0.25) is 5.91 Å². The molecule has 1 aliphatic rings. The third-order valence-corrected chi connectivity index (χ3v) is 5.74. The van der Waals surface area contributed by atoms with Crippen LogP contribution in [0.25, 0.3) is 10.9 Å². The zero-order valence-electron chi connectivity index (χ0n) is 11.0. The van der Waals surface area contributed by atoms with Crippen LogP contribution in [-0.2, 0) is 21.9 Å². The van der Waals surface area contributed by atoms with Crippen LogP contribution in [0.1, 0.15) is 6.42 Å². The van der Waals surface area contributed by atoms with Crippen LogP contribution in [0.15, 0.2) is 35.4 Å². The molecule has 1 N–H and O–H groups in total. The lowest BCUT2D eigenvalue weighted by Gasteiger charge is -2.05. The average molecular weight is 347 g/mol. The molecule has 1 aromatic carbocycles. The zero-order chi connectivity index (χ0) is 15.4. The van der Waals surface area contributed by atoms with E-state index in [1.807, 2.05) is 10.8 Å². The summed E-state index contributed by atoms with van der Waals surface area (Å²) in [6, 6.07) is 7.06. The Labute approximate surface area is 131 Å². The van der Waals surface area contributed by atoms with Crippen LogP contribution in [0, 0.1) is 5.92 Å². The lowest BCUT2D eigenvalue weighted by atomic mass is 10.2. The van der Waals surface area contributed by atoms with E-state index in [1.165, 1.54) is 6.20 Å². The highest BCUT2D eigenvalue weighted by Crippen LogP contribution is 2.53. The molecule has 1 aromatic heterocycles. The van der Waals surface area contributed by atoms with Crippen molar-refractivity contribution in [1.82, 2.24) is 9.29 Å². The summed E-state index contributed by atoms with van der Waals surface area (Å²) in [5.74, 6) is -1.36. The first-order chi connectivity index (χ1) is 9.72. The fourth-order valence-electron chi connectivity index (χ4n) is 2.27. The van der Waals surface area contributed by atoms with Crippen LogP contribution in [0.2, 0.25) is 0 Å². The maximum atomic E-state index is 12.4. The Balaban J connectivity index is 1.96. The smallest absolute Gasteiger partial charge is 0.266 e. The summed E-state index contributed by atoms with van der Waals surface area (Å²) in [4.78, 5) is 11.9. The van der Waals surface area contributed by atoms with Gasteiger partial charge < -0.3 is 4.57 Å². The normalized spacial score (nSPS) is 20.4. The minimum Gasteiger partial charge on any atom is -0.349 e. The Morgan fingerprint density at radius 2 is 2.00 bits per heavy atom. The Morgan fingerprint density at radius 1 is 1.38 bits per heavy atom. The number of fused-ring (bicyclic) bond motifs is 1. The first-order valence-electron chi connectivity index (χ1n) is 6.21. The largest absolute Gasteiger partial charge is 0.349 e. The number of aromatic nitrogens is 1. The molecule has 8 heteroatoms. The first kappa shape index (κ1) is 14.7. The van der Waals surface area contributed by atoms with Crippen LogP contribution in [0.4, 0.5) is 0 Å². The molecule has 1 saturated carbocycles. The molecular formula is C13H12Cl2N2O3S. The van der Waals surface area contributed by atoms with Crippen molar-refractivity contribution in [2.45, 2.75) is 15.6 Å². The molecule has 1 heterocycles. The van der Waals surface area contributed by atoms with E-state index < -0.39 is 26.2 Å². The average Bonchev–Trinajstić information content (AvgIpc) is 2.90. The zero-order valence-corrected chi connectivity index (χ0v) is 13.3. The molecule has 0 saturated heterocycles. The van der Waals surface area contributed by atoms with Gasteiger partial charge in [0.25, 0.3) is 10.0 Å². The summed E-state index contributed by atoms with van der Waals surface area (Å²) in [5.41, 5.74) is 0.765. The molecule has 21 heavy (non-hydrogen) atoms. The van der Waals surface area contributed by atoms with E-state index in [0.717, 1.165) is 5.52 Å². The van der Waals surface area contributed by atoms with Crippen LogP contribution in [0.3, 0.4) is 0 Å². The highest BCUT2D eigenvalue weighted by Gasteiger charge is 2.57. The number of hydrogen-bond acceptors (Lipinski definition) is 3. The number of halogens is 2. The molecule has 0 radical (unpaired) electrons. The highest BCUT2D eigenvalue weighted by molar-refractivity contribution is 7.90. The van der Waals surface area contributed by atoms with Gasteiger partial charge in [-0.05, 0) is 12.5 Å². The molecule has 1 unspecified atom stereocenters. The molecule has 3 rings (SSSR count). The number of sulfonamides is 1. The van der Waals surface area contributed by atoms with Crippen molar-refractivity contribution < 1.29 is 13.2 Å². The standard InChI is InChI=1S/C13H12Cl2N2O3S/c1-17-7-11(8-4-2-3-5-10(8)17)21(19,20)16-12(18)9-6-13(9,14)15/h2-5,7,9H,6H2,1H3,(H,16,18). The predicted octanol–water partition coefficient (Wildman–Crippen LogP) is 2.18. The van der Waals surface area contributed by atoms with Gasteiger partial charge >= 0.3 is 0 Å². The number of rotatable bonds is 3. The summed E-state index contributed by atoms with van der Waals surface area (Å²) in [5, 5.41) is 0.555. The molecule has 5 nitrogen and oxygen atoms in total. The fourth-order valence-corrected chi connectivity index (χ4v) is 4.06. The van der Waals surface area contributed by atoms with Crippen molar-refractivity contribution in [3.63, 3.8) is 0 Å². The minimum absolute atomic E-state index is 0.0596. The predicted molar refractivity (Wildman–Crippen MR) is 80.8 cm³/mol. The molecule has 0 spiro atoms. The number of carbonyl (C=O) groups excluding carboxylic acids is 1. The lowest BCUT2D eigenvalue weighted by molar-refractivity contribution is -0.120. The number of aryl methyl sites for hydroxylation is 1. The van der Waals surface area contributed by atoms with E-state index >= 15 is 0 Å². The number of alkyl halides is 2. The monoisotopic (exact) mass is 346 g/mol. The molecule has 1 aliphatic carbocycles. The quantitative estimate of drug-likeness (QED) is 0.866. The number of para-hydroxylation sites is 1. The number of amides is 1. The van der Waals surface area contributed by atoms with Gasteiger partial charge in [-0.3, -0.25) is 4.79 Å². The van der Waals surface area contributed by atoms with Gasteiger partial charge in [-0.2, -0.15) is 0 Å². The minimum atomic E-state index is -3.96. The number of nitrogens with one attached hydrogen (secondary N) is 1. The van der Waals surface area contributed by atoms with Crippen molar-refractivity contribution in [3.05, 3.63) is 30.5 Å². The maximum Gasteiger partial charge on any atom is 0.266 e. The van der Waals surface area contributed by atoms with E-state index in [1.54, 1.807) is 29.8 Å². The number of hydrogen-bond donors (Lipinski definition) is 1. The highest BCUT2D eigenvalue weighted by atomic mass is 35.5. The third kappa shape index (κ3) is 2.52. The van der Waals surface area contributed by atoms with Gasteiger partial charge in [-0.25, -0.2) is 13.1 Å². The van der Waals surface area contributed by atoms with Crippen LogP contribution >= 0.6 is 23.2 Å². The molecular weight excluding hydrogens is 335 g/mol. The second-order valence-electron chi connectivity index (χ2n) is 5.11. The van der Waals surface area contributed by atoms with Crippen molar-refractivity contribution in [1.29, 1.82) is 0 Å². The molecule has 0 bridgehead atoms. The molecule has 1 amide bonds. The van der Waals surface area contributed by atoms with Gasteiger partial charge in [0, 0.05) is 24.1 Å². The number of carbonyl (C=O) groups is 1. The molecule has 112 valence electrons. The van der Waals surface area contributed by atoms with E-state index in [9.17, 15) is 13.2 Å². The van der Waals surface area contributed by atoms with Gasteiger partial charge in [0.15, 0.2) is 0 Å². The van der Waals surface area contributed by atoms with Gasteiger partial charge in [0.05, 0.1) is 5.92 Å². The summed E-state index contributed by atoms with van der Waals surface area (Å²) < 4.78 is 27.3. The Kier molecular flexibility index (Phi) is 3.24. The maximum absolute atomic E-state index is 12.4. The SMILES string of the molecule is Cn1cc(S(=O)(=O)NC(=O)C2CC2(Cl)Cl)c2ccccc21. The number of benzene rings is 1. The second kappa shape index (κ2) is 4.63. The van der Waals surface area contributed by atoms with Crippen molar-refractivity contribution in [2.75, 3.05) is 0 Å². The van der Waals surface area contributed by atoms with Crippen LogP contribution < -0.4 is 4.72 Å². The third-order valence-electron chi connectivity index (χ3n) is 3.53. The van der Waals surface area contributed by atoms with E-state index in [0.29, 0.717) is 5.39 Å². The van der Waals surface area contributed by atoms with E-state index in [2.05, 4.69) is 0 Å². The Hall–Kier alpha value is -1.24. The summed E-state index contributed by atoms with van der Waals surface area (Å²) >= 11 is 11.6. The van der Waals surface area contributed by atoms with Crippen molar-refractivity contribution in [2.24, 2.45) is 13.0 Å². The molecule has 0 aliphatic heterocycles. The summed E-state index contributed by atoms with van der Waals surface area (Å²) in [6.07, 6.45) is 1.73. The van der Waals surface area contributed by atoms with Gasteiger partial charge in [-0.1, -0.05) is 18.2 Å². The van der Waals surface area contributed by atoms with Crippen LogP contribution in [0.5, 0.6) is 0 Å². The van der Waals surface area contributed by atoms with E-state index in [-0.39, 0.29) is 11.3 Å². The topological polar surface area (TPSA) is 68.2 Å². The fraction of sp³-hybridized carbons (Fsp3) is 0.308. The molecule has 1 fully saturated rings. The molecule has 2 aromatic rings. The van der Waals surface area contributed by atoms with Gasteiger partial charge in [-0.15, -0.1) is 23.2 Å². The summed E-state index contributed by atoms with van der Waals surface area (Å²) in [7, 11) is -2.22. The van der Waals surface area contributed by atoms with Crippen LogP contribution in [-0.4, -0.2) is 23.2 Å². The van der Waals surface area contributed by atoms with E-state index in [4.69, 9.17) is 23.2 Å². The second-order valence-corrected chi connectivity index (χ2v) is 8.30. The Morgan fingerprint density at radius 3 is 2.62 bits per heavy atom. The van der Waals surface area contributed by atoms with Gasteiger partial charge in [0.1, 0.15) is 9.23 Å². The Bertz CT molecular complexity index is 842. The number of nitrogens with zero attached hydrogens (tertiary/aromatic N) is 1. The summed E-state index contributed by atoms with van der Waals surface area (Å²) in [6.45, 7) is 0.